The second-order valence-electron chi connectivity index (χ2n) is 6.76. The Balaban J connectivity index is 1.56. The van der Waals surface area contributed by atoms with Crippen LogP contribution < -0.4 is 19.9 Å². The highest BCUT2D eigenvalue weighted by molar-refractivity contribution is 8.23. The van der Waals surface area contributed by atoms with Crippen LogP contribution in [0.1, 0.15) is 13.8 Å². The molecule has 1 aromatic rings. The van der Waals surface area contributed by atoms with Crippen LogP contribution in [0, 0.1) is 0 Å². The summed E-state index contributed by atoms with van der Waals surface area (Å²) in [4.78, 5) is 27.1. The van der Waals surface area contributed by atoms with E-state index in [1.807, 2.05) is 44.8 Å². The maximum Gasteiger partial charge on any atom is 0.352 e. The predicted octanol–water partition coefficient (Wildman–Crippen LogP) is 1.99. The number of anilines is 1. The molecule has 1 aromatic carbocycles. The highest BCUT2D eigenvalue weighted by Gasteiger charge is 2.53. The highest BCUT2D eigenvalue weighted by atomic mass is 32.2. The largest absolute Gasteiger partial charge is 0.477 e. The topological polar surface area (TPSA) is 106 Å². The highest BCUT2D eigenvalue weighted by Crippen LogP contribution is 2.42. The molecule has 170 valence electrons. The fourth-order valence-electron chi connectivity index (χ4n) is 3.01. The number of carboxylic acids is 1. The normalized spacial score (nSPS) is 19.9. The Morgan fingerprint density at radius 1 is 1.19 bits per heavy atom. The number of aliphatic carboxylic acids is 1. The summed E-state index contributed by atoms with van der Waals surface area (Å²) in [6.45, 7) is 9.40. The predicted molar refractivity (Wildman–Crippen MR) is 140 cm³/mol. The Labute approximate surface area is 207 Å². The quantitative estimate of drug-likeness (QED) is 0.0836. The van der Waals surface area contributed by atoms with Gasteiger partial charge in [-0.1, -0.05) is 25.6 Å². The van der Waals surface area contributed by atoms with Crippen molar-refractivity contribution in [1.29, 1.82) is 0 Å². The molecule has 5 N–H and O–H groups in total. The van der Waals surface area contributed by atoms with Crippen LogP contribution in [0.4, 0.5) is 5.69 Å². The van der Waals surface area contributed by atoms with Crippen molar-refractivity contribution in [2.75, 3.05) is 29.3 Å². The zero-order chi connectivity index (χ0) is 22.9. The van der Waals surface area contributed by atoms with Gasteiger partial charge >= 0.3 is 19.4 Å². The number of carboxylic acid groups (broad SMARTS) is 1. The molecule has 3 rings (SSSR count). The fourth-order valence-corrected chi connectivity index (χ4v) is 6.76. The first-order valence-corrected chi connectivity index (χ1v) is 13.9. The minimum Gasteiger partial charge on any atom is -0.477 e. The van der Waals surface area contributed by atoms with Crippen molar-refractivity contribution in [3.8, 4) is 0 Å². The molecule has 2 heterocycles. The van der Waals surface area contributed by atoms with Gasteiger partial charge in [-0.15, -0.1) is 35.3 Å². The molecule has 2 aliphatic heterocycles. The summed E-state index contributed by atoms with van der Waals surface area (Å²) in [5, 5.41) is 15.8. The van der Waals surface area contributed by atoms with Crippen molar-refractivity contribution in [2.45, 2.75) is 30.2 Å². The van der Waals surface area contributed by atoms with Crippen molar-refractivity contribution in [2.24, 2.45) is 0 Å². The number of rotatable bonds is 14. The number of nitrogens with one attached hydrogen (secondary N) is 4. The monoisotopic (exact) mass is 509 g/mol. The number of hydrogen-bond donors (Lipinski definition) is 5. The number of carbonyl (C=O) groups is 2. The van der Waals surface area contributed by atoms with E-state index in [0.29, 0.717) is 11.5 Å². The van der Waals surface area contributed by atoms with Gasteiger partial charge in [0.2, 0.25) is 5.91 Å². The zero-order valence-electron chi connectivity index (χ0n) is 17.8. The summed E-state index contributed by atoms with van der Waals surface area (Å²) < 4.78 is 6.34. The molecule has 0 aromatic heterocycles. The van der Waals surface area contributed by atoms with Crippen molar-refractivity contribution >= 4 is 78.1 Å². The van der Waals surface area contributed by atoms with Crippen LogP contribution in [0.5, 0.6) is 0 Å². The van der Waals surface area contributed by atoms with E-state index in [1.54, 1.807) is 30.2 Å². The Morgan fingerprint density at radius 2 is 1.88 bits per heavy atom. The average molecular weight is 509 g/mol. The van der Waals surface area contributed by atoms with E-state index in [0.717, 1.165) is 29.2 Å². The van der Waals surface area contributed by atoms with Crippen molar-refractivity contribution in [3.05, 3.63) is 35.5 Å². The molecule has 0 aliphatic carbocycles. The molecule has 1 amide bonds. The number of thioether (sulfide) groups is 2. The number of benzene rings is 1. The molecule has 32 heavy (non-hydrogen) atoms. The van der Waals surface area contributed by atoms with Crippen molar-refractivity contribution < 1.29 is 14.7 Å². The first kappa shape index (κ1) is 25.7. The average Bonchev–Trinajstić information content (AvgIpc) is 2.80. The van der Waals surface area contributed by atoms with Gasteiger partial charge in [0.05, 0.1) is 0 Å². The van der Waals surface area contributed by atoms with E-state index >= 15 is 0 Å². The minimum absolute atomic E-state index is 0.138. The van der Waals surface area contributed by atoms with E-state index in [4.69, 9.17) is 0 Å². The Kier molecular flexibility index (Phi) is 10.5. The first-order chi connectivity index (χ1) is 15.6. The third kappa shape index (κ3) is 6.58. The molecule has 14 heteroatoms. The number of nitrogens with zero attached hydrogens (tertiary/aromatic N) is 1. The fraction of sp³-hybridized carbons (Fsp3) is 0.444. The van der Waals surface area contributed by atoms with E-state index in [2.05, 4.69) is 19.9 Å². The molecular formula is C18H25B2N5O3S4. The van der Waals surface area contributed by atoms with Gasteiger partial charge in [-0.2, -0.15) is 0 Å². The molecule has 0 saturated carbocycles. The van der Waals surface area contributed by atoms with Gasteiger partial charge in [0, 0.05) is 22.1 Å². The lowest BCUT2D eigenvalue weighted by molar-refractivity contribution is -0.148. The lowest BCUT2D eigenvalue weighted by Gasteiger charge is -2.49. The van der Waals surface area contributed by atoms with Gasteiger partial charge < -0.3 is 20.3 Å². The summed E-state index contributed by atoms with van der Waals surface area (Å²) >= 11 is 5.98. The lowest BCUT2D eigenvalue weighted by atomic mass is 10.0. The molecule has 0 bridgehead atoms. The molecule has 2 unspecified atom stereocenters. The summed E-state index contributed by atoms with van der Waals surface area (Å²) in [6.07, 6.45) is 0. The van der Waals surface area contributed by atoms with Gasteiger partial charge in [-0.25, -0.2) is 4.79 Å². The first-order valence-electron chi connectivity index (χ1n) is 10.1. The molecule has 2 atom stereocenters. The van der Waals surface area contributed by atoms with Crippen molar-refractivity contribution in [3.63, 3.8) is 0 Å². The number of hydrogen-bond acceptors (Lipinski definition) is 10. The van der Waals surface area contributed by atoms with Crippen LogP contribution in [-0.2, 0) is 9.59 Å². The summed E-state index contributed by atoms with van der Waals surface area (Å²) in [5.41, 5.74) is 1.91. The van der Waals surface area contributed by atoms with Crippen LogP contribution in [0.2, 0.25) is 0 Å². The standard InChI is InChI=1S/C18H25B2N5O3S4/c1-3-21-19-31-23-12-5-7-13(8-6-12)29-9-11-10-30-17-14(24-32-20-22-4-2)16(26)25(17)15(11)18(27)28/h5-8,14,17,21-24H,3-4,9-10H2,1-2H3,(H,27,28). The Hall–Kier alpha value is -0.890. The zero-order valence-corrected chi connectivity index (χ0v) is 21.1. The van der Waals surface area contributed by atoms with Gasteiger partial charge in [0.15, 0.2) is 0 Å². The van der Waals surface area contributed by atoms with Crippen molar-refractivity contribution in [1.82, 2.24) is 20.1 Å². The maximum atomic E-state index is 12.6. The van der Waals surface area contributed by atoms with Crippen LogP contribution in [0.15, 0.2) is 40.4 Å². The number of β-lactam (4-membered cyclic amide) rings is 1. The molecule has 2 radical (unpaired) electrons. The second-order valence-corrected chi connectivity index (χ2v) is 10.3. The summed E-state index contributed by atoms with van der Waals surface area (Å²) in [7, 11) is 0. The van der Waals surface area contributed by atoms with Crippen LogP contribution >= 0.6 is 47.1 Å². The number of carbonyl (C=O) groups excluding carboxylic acids is 1. The van der Waals surface area contributed by atoms with Gasteiger partial charge in [-0.05, 0) is 42.9 Å². The van der Waals surface area contributed by atoms with E-state index in [1.165, 1.54) is 28.5 Å². The van der Waals surface area contributed by atoms with E-state index in [9.17, 15) is 14.7 Å². The van der Waals surface area contributed by atoms with Crippen LogP contribution in [-0.4, -0.2) is 71.3 Å². The Morgan fingerprint density at radius 3 is 2.53 bits per heavy atom. The maximum absolute atomic E-state index is 12.6. The molecule has 0 spiro atoms. The number of amides is 1. The second kappa shape index (κ2) is 13.1. The van der Waals surface area contributed by atoms with Gasteiger partial charge in [-0.3, -0.25) is 14.4 Å². The molecule has 2 aliphatic rings. The summed E-state index contributed by atoms with van der Waals surface area (Å²) in [5.74, 6) is -0.110. The van der Waals surface area contributed by atoms with Gasteiger partial charge in [0.25, 0.3) is 0 Å². The molecular weight excluding hydrogens is 484 g/mol. The molecule has 8 nitrogen and oxygen atoms in total. The van der Waals surface area contributed by atoms with Crippen LogP contribution in [0.25, 0.3) is 0 Å². The minimum atomic E-state index is -1.04. The van der Waals surface area contributed by atoms with Gasteiger partial charge in [0.1, 0.15) is 17.1 Å². The Bertz CT molecular complexity index is 833. The third-order valence-corrected chi connectivity index (χ3v) is 8.33. The summed E-state index contributed by atoms with van der Waals surface area (Å²) in [6, 6.07) is 7.61. The number of fused-ring (bicyclic) bond motifs is 1. The molecule has 1 saturated heterocycles. The van der Waals surface area contributed by atoms with E-state index < -0.39 is 5.97 Å². The lowest BCUT2D eigenvalue weighted by Crippen LogP contribution is -2.69. The van der Waals surface area contributed by atoms with E-state index in [-0.39, 0.29) is 23.0 Å². The smallest absolute Gasteiger partial charge is 0.352 e. The molecule has 1 fully saturated rings. The third-order valence-electron chi connectivity index (χ3n) is 4.58. The SMILES string of the molecule is CCN[B]SNc1ccc(SCC2=C(C(=O)O)N3C(=O)C(NS[B]NCC)C3SC2)cc1. The van der Waals surface area contributed by atoms with Crippen LogP contribution in [0.3, 0.4) is 0 Å².